The molecule has 0 radical (unpaired) electrons. The Hall–Kier alpha value is -2.90. The van der Waals surface area contributed by atoms with Crippen molar-refractivity contribution in [1.29, 1.82) is 0 Å². The van der Waals surface area contributed by atoms with E-state index < -0.39 is 9.84 Å². The summed E-state index contributed by atoms with van der Waals surface area (Å²) < 4.78 is 28.9. The highest BCUT2D eigenvalue weighted by Gasteiger charge is 2.23. The molecule has 4 rings (SSSR count). The van der Waals surface area contributed by atoms with Gasteiger partial charge in [-0.1, -0.05) is 52.3 Å². The monoisotopic (exact) mass is 468 g/mol. The van der Waals surface area contributed by atoms with E-state index in [-0.39, 0.29) is 22.2 Å². The largest absolute Gasteiger partial charge is 0.337 e. The highest BCUT2D eigenvalue weighted by Crippen LogP contribution is 2.30. The van der Waals surface area contributed by atoms with Crippen molar-refractivity contribution in [2.45, 2.75) is 16.3 Å². The summed E-state index contributed by atoms with van der Waals surface area (Å²) in [6.45, 7) is 0.000880. The van der Waals surface area contributed by atoms with E-state index in [1.807, 2.05) is 24.3 Å². The van der Waals surface area contributed by atoms with E-state index in [9.17, 15) is 13.2 Å². The maximum atomic E-state index is 13.2. The molecule has 0 bridgehead atoms. The van der Waals surface area contributed by atoms with Crippen LogP contribution in [-0.2, 0) is 21.2 Å². The van der Waals surface area contributed by atoms with Crippen molar-refractivity contribution >= 4 is 48.3 Å². The van der Waals surface area contributed by atoms with E-state index in [0.29, 0.717) is 16.6 Å². The van der Waals surface area contributed by atoms with Crippen LogP contribution in [0, 0.1) is 0 Å². The molecule has 146 valence electrons. The van der Waals surface area contributed by atoms with Gasteiger partial charge in [0.25, 0.3) is 0 Å². The molecule has 0 fully saturated rings. The van der Waals surface area contributed by atoms with Gasteiger partial charge in [0, 0.05) is 27.3 Å². The zero-order valence-electron chi connectivity index (χ0n) is 15.2. The Bertz CT molecular complexity index is 1280. The molecule has 1 amide bonds. The van der Waals surface area contributed by atoms with Crippen molar-refractivity contribution in [2.75, 3.05) is 5.32 Å². The lowest BCUT2D eigenvalue weighted by Crippen LogP contribution is -2.18. The van der Waals surface area contributed by atoms with Gasteiger partial charge in [0.05, 0.1) is 9.79 Å². The van der Waals surface area contributed by atoms with Crippen LogP contribution in [0.5, 0.6) is 0 Å². The number of rotatable bonds is 5. The van der Waals surface area contributed by atoms with Crippen LogP contribution in [0.2, 0.25) is 0 Å². The third kappa shape index (κ3) is 3.97. The molecule has 1 N–H and O–H groups in total. The van der Waals surface area contributed by atoms with E-state index in [1.54, 1.807) is 59.2 Å². The Morgan fingerprint density at radius 3 is 2.28 bits per heavy atom. The molecule has 1 heterocycles. The van der Waals surface area contributed by atoms with E-state index in [4.69, 9.17) is 0 Å². The number of carbonyl (C=O) groups excluding carboxylic acids is 1. The average Bonchev–Trinajstić information content (AvgIpc) is 3.10. The Morgan fingerprint density at radius 1 is 0.897 bits per heavy atom. The number of hydrogen-bond donors (Lipinski definition) is 1. The molecule has 7 heteroatoms. The summed E-state index contributed by atoms with van der Waals surface area (Å²) in [5.74, 6) is -0.239. The number of nitrogens with zero attached hydrogens (tertiary/aromatic N) is 1. The molecule has 0 saturated carbocycles. The molecule has 0 saturated heterocycles. The van der Waals surface area contributed by atoms with Crippen molar-refractivity contribution < 1.29 is 13.2 Å². The number of sulfone groups is 1. The first-order valence-corrected chi connectivity index (χ1v) is 11.2. The number of halogens is 1. The van der Waals surface area contributed by atoms with Gasteiger partial charge in [-0.2, -0.15) is 0 Å². The van der Waals surface area contributed by atoms with Gasteiger partial charge in [-0.15, -0.1) is 0 Å². The van der Waals surface area contributed by atoms with Gasteiger partial charge in [-0.3, -0.25) is 4.79 Å². The molecule has 0 aliphatic carbocycles. The lowest BCUT2D eigenvalue weighted by Gasteiger charge is -2.07. The molecule has 1 aromatic heterocycles. The number of nitrogens with one attached hydrogen (secondary N) is 1. The van der Waals surface area contributed by atoms with Crippen molar-refractivity contribution in [3.8, 4) is 0 Å². The molecule has 0 aliphatic heterocycles. The molecule has 3 aromatic carbocycles. The second-order valence-electron chi connectivity index (χ2n) is 6.51. The maximum Gasteiger partial charge on any atom is 0.244 e. The number of anilines is 1. The summed E-state index contributed by atoms with van der Waals surface area (Å²) >= 11 is 3.36. The minimum Gasteiger partial charge on any atom is -0.337 e. The van der Waals surface area contributed by atoms with Crippen LogP contribution in [0.3, 0.4) is 0 Å². The molecular weight excluding hydrogens is 452 g/mol. The second kappa shape index (κ2) is 7.85. The molecule has 0 spiro atoms. The van der Waals surface area contributed by atoms with Crippen molar-refractivity contribution in [3.63, 3.8) is 0 Å². The molecule has 5 nitrogen and oxygen atoms in total. The number of carbonyl (C=O) groups is 1. The molecule has 4 aromatic rings. The van der Waals surface area contributed by atoms with Crippen LogP contribution in [0.4, 0.5) is 5.69 Å². The van der Waals surface area contributed by atoms with Crippen LogP contribution in [0.1, 0.15) is 0 Å². The number of para-hydroxylation sites is 1. The van der Waals surface area contributed by atoms with Gasteiger partial charge in [0.2, 0.25) is 15.7 Å². The van der Waals surface area contributed by atoms with Crippen molar-refractivity contribution in [2.24, 2.45) is 0 Å². The number of amides is 1. The average molecular weight is 469 g/mol. The van der Waals surface area contributed by atoms with Gasteiger partial charge in [0.15, 0.2) is 0 Å². The predicted molar refractivity (Wildman–Crippen MR) is 117 cm³/mol. The standard InChI is InChI=1S/C22H17BrN2O3S/c23-16-10-12-17(13-11-16)24-22(26)15-25-14-21(19-8-4-5-9-20(19)25)29(27,28)18-6-2-1-3-7-18/h1-14H,15H2,(H,24,26). The molecule has 0 aliphatic rings. The van der Waals surface area contributed by atoms with E-state index in [0.717, 1.165) is 4.47 Å². The van der Waals surface area contributed by atoms with E-state index >= 15 is 0 Å². The molecule has 0 unspecified atom stereocenters. The Balaban J connectivity index is 1.69. The molecule has 29 heavy (non-hydrogen) atoms. The van der Waals surface area contributed by atoms with Crippen LogP contribution >= 0.6 is 15.9 Å². The van der Waals surface area contributed by atoms with Gasteiger partial charge in [0.1, 0.15) is 6.54 Å². The predicted octanol–water partition coefficient (Wildman–Crippen LogP) is 4.88. The lowest BCUT2D eigenvalue weighted by molar-refractivity contribution is -0.116. The fraction of sp³-hybridized carbons (Fsp3) is 0.0455. The number of benzene rings is 3. The Morgan fingerprint density at radius 2 is 1.55 bits per heavy atom. The van der Waals surface area contributed by atoms with Gasteiger partial charge >= 0.3 is 0 Å². The third-order valence-electron chi connectivity index (χ3n) is 4.54. The zero-order chi connectivity index (χ0) is 20.4. The minimum atomic E-state index is -3.70. The smallest absolute Gasteiger partial charge is 0.244 e. The van der Waals surface area contributed by atoms with Crippen molar-refractivity contribution in [1.82, 2.24) is 4.57 Å². The number of hydrogen-bond acceptors (Lipinski definition) is 3. The van der Waals surface area contributed by atoms with E-state index in [1.165, 1.54) is 6.20 Å². The van der Waals surface area contributed by atoms with Crippen LogP contribution in [-0.4, -0.2) is 18.9 Å². The molecular formula is C22H17BrN2O3S. The number of fused-ring (bicyclic) bond motifs is 1. The third-order valence-corrected chi connectivity index (χ3v) is 6.86. The fourth-order valence-electron chi connectivity index (χ4n) is 3.17. The summed E-state index contributed by atoms with van der Waals surface area (Å²) in [6.07, 6.45) is 1.54. The number of aromatic nitrogens is 1. The topological polar surface area (TPSA) is 68.2 Å². The first-order chi connectivity index (χ1) is 13.9. The first-order valence-electron chi connectivity index (χ1n) is 8.88. The summed E-state index contributed by atoms with van der Waals surface area (Å²) in [5, 5.41) is 3.42. The lowest BCUT2D eigenvalue weighted by atomic mass is 10.2. The quantitative estimate of drug-likeness (QED) is 0.453. The highest BCUT2D eigenvalue weighted by atomic mass is 79.9. The fourth-order valence-corrected chi connectivity index (χ4v) is 4.93. The SMILES string of the molecule is O=C(Cn1cc(S(=O)(=O)c2ccccc2)c2ccccc21)Nc1ccc(Br)cc1. The van der Waals surface area contributed by atoms with Crippen LogP contribution in [0.15, 0.2) is 99.3 Å². The van der Waals surface area contributed by atoms with Crippen LogP contribution < -0.4 is 5.32 Å². The second-order valence-corrected chi connectivity index (χ2v) is 9.34. The summed E-state index contributed by atoms with van der Waals surface area (Å²) in [4.78, 5) is 13.0. The highest BCUT2D eigenvalue weighted by molar-refractivity contribution is 9.10. The summed E-state index contributed by atoms with van der Waals surface area (Å²) in [7, 11) is -3.70. The molecule has 0 atom stereocenters. The maximum absolute atomic E-state index is 13.2. The summed E-state index contributed by atoms with van der Waals surface area (Å²) in [6, 6.07) is 22.7. The zero-order valence-corrected chi connectivity index (χ0v) is 17.7. The van der Waals surface area contributed by atoms with Gasteiger partial charge in [-0.05, 0) is 42.5 Å². The first kappa shape index (κ1) is 19.4. The minimum absolute atomic E-state index is 0.000880. The Kier molecular flexibility index (Phi) is 5.25. The summed E-state index contributed by atoms with van der Waals surface area (Å²) in [5.41, 5.74) is 1.36. The van der Waals surface area contributed by atoms with Gasteiger partial charge in [-0.25, -0.2) is 8.42 Å². The van der Waals surface area contributed by atoms with Crippen LogP contribution in [0.25, 0.3) is 10.9 Å². The Labute approximate surface area is 177 Å². The van der Waals surface area contributed by atoms with Gasteiger partial charge < -0.3 is 9.88 Å². The van der Waals surface area contributed by atoms with Crippen molar-refractivity contribution in [3.05, 3.63) is 89.5 Å². The van der Waals surface area contributed by atoms with E-state index in [2.05, 4.69) is 21.2 Å². The normalized spacial score (nSPS) is 11.5.